The molecule has 7 heteroatoms. The minimum absolute atomic E-state index is 0.0581. The highest BCUT2D eigenvalue weighted by Crippen LogP contribution is 2.40. The van der Waals surface area contributed by atoms with Gasteiger partial charge in [-0.25, -0.2) is 0 Å². The van der Waals surface area contributed by atoms with Crippen LogP contribution in [0.15, 0.2) is 54.1 Å². The van der Waals surface area contributed by atoms with Gasteiger partial charge in [-0.1, -0.05) is 38.1 Å². The minimum Gasteiger partial charge on any atom is -0.507 e. The summed E-state index contributed by atoms with van der Waals surface area (Å²) in [7, 11) is 1.59. The maximum atomic E-state index is 13.2. The van der Waals surface area contributed by atoms with Crippen molar-refractivity contribution in [3.05, 3.63) is 65.2 Å². The standard InChI is InChI=1S/C27H33NO6/c1-4-14-33-21-11-6-9-19(17-21)24-23(26(30)27(31)28(24)13-8-16-32-3)25(29)20-10-7-12-22(18-20)34-15-5-2/h6-7,9-12,17-18,24,29H,4-5,8,13-16H2,1-3H3/b25-23-. The second kappa shape index (κ2) is 12.2. The van der Waals surface area contributed by atoms with Crippen molar-refractivity contribution in [2.45, 2.75) is 39.2 Å². The molecule has 0 aromatic heterocycles. The summed E-state index contributed by atoms with van der Waals surface area (Å²) in [6, 6.07) is 13.5. The molecule has 1 unspecified atom stereocenters. The number of hydrogen-bond acceptors (Lipinski definition) is 6. The van der Waals surface area contributed by atoms with Crippen LogP contribution in [0.1, 0.15) is 50.3 Å². The molecule has 0 radical (unpaired) electrons. The first-order chi connectivity index (χ1) is 16.5. The van der Waals surface area contributed by atoms with Crippen molar-refractivity contribution in [1.29, 1.82) is 0 Å². The number of benzene rings is 2. The molecular formula is C27H33NO6. The molecule has 1 aliphatic rings. The van der Waals surface area contributed by atoms with Gasteiger partial charge in [-0.3, -0.25) is 9.59 Å². The van der Waals surface area contributed by atoms with Crippen LogP contribution in [0.4, 0.5) is 0 Å². The van der Waals surface area contributed by atoms with E-state index in [9.17, 15) is 14.7 Å². The second-order valence-electron chi connectivity index (χ2n) is 8.14. The Kier molecular flexibility index (Phi) is 9.10. The van der Waals surface area contributed by atoms with Crippen LogP contribution in [0.3, 0.4) is 0 Å². The normalized spacial score (nSPS) is 17.3. The van der Waals surface area contributed by atoms with E-state index in [0.29, 0.717) is 55.4 Å². The summed E-state index contributed by atoms with van der Waals surface area (Å²) in [5, 5.41) is 11.3. The zero-order valence-electron chi connectivity index (χ0n) is 20.1. The lowest BCUT2D eigenvalue weighted by molar-refractivity contribution is -0.140. The predicted octanol–water partition coefficient (Wildman–Crippen LogP) is 4.72. The number of ketones is 1. The lowest BCUT2D eigenvalue weighted by atomic mass is 9.95. The van der Waals surface area contributed by atoms with Crippen molar-refractivity contribution < 1.29 is 28.9 Å². The molecule has 2 aromatic carbocycles. The smallest absolute Gasteiger partial charge is 0.295 e. The highest BCUT2D eigenvalue weighted by atomic mass is 16.5. The first-order valence-corrected chi connectivity index (χ1v) is 11.7. The highest BCUT2D eigenvalue weighted by molar-refractivity contribution is 6.46. The largest absolute Gasteiger partial charge is 0.507 e. The summed E-state index contributed by atoms with van der Waals surface area (Å²) >= 11 is 0. The lowest BCUT2D eigenvalue weighted by Gasteiger charge is -2.25. The Hall–Kier alpha value is -3.32. The number of hydrogen-bond donors (Lipinski definition) is 1. The van der Waals surface area contributed by atoms with Crippen LogP contribution in [-0.2, 0) is 14.3 Å². The van der Waals surface area contributed by atoms with Crippen LogP contribution >= 0.6 is 0 Å². The number of rotatable bonds is 12. The molecule has 1 amide bonds. The zero-order chi connectivity index (χ0) is 24.5. The van der Waals surface area contributed by atoms with E-state index >= 15 is 0 Å². The van der Waals surface area contributed by atoms with E-state index in [1.54, 1.807) is 31.4 Å². The lowest BCUT2D eigenvalue weighted by Crippen LogP contribution is -2.31. The van der Waals surface area contributed by atoms with E-state index in [4.69, 9.17) is 14.2 Å². The topological polar surface area (TPSA) is 85.3 Å². The van der Waals surface area contributed by atoms with Crippen molar-refractivity contribution in [1.82, 2.24) is 4.90 Å². The molecular weight excluding hydrogens is 434 g/mol. The van der Waals surface area contributed by atoms with E-state index in [-0.39, 0.29) is 11.3 Å². The molecule has 0 saturated carbocycles. The van der Waals surface area contributed by atoms with Crippen LogP contribution in [0, 0.1) is 0 Å². The van der Waals surface area contributed by atoms with E-state index in [0.717, 1.165) is 12.8 Å². The SMILES string of the molecule is CCCOc1cccc(/C(O)=C2/C(=O)C(=O)N(CCCOC)C2c2cccc(OCCC)c2)c1. The predicted molar refractivity (Wildman–Crippen MR) is 130 cm³/mol. The van der Waals surface area contributed by atoms with Crippen molar-refractivity contribution in [3.63, 3.8) is 0 Å². The number of carbonyl (C=O) groups is 2. The number of nitrogens with zero attached hydrogens (tertiary/aromatic N) is 1. The van der Waals surface area contributed by atoms with Gasteiger partial charge in [-0.2, -0.15) is 0 Å². The highest BCUT2D eigenvalue weighted by Gasteiger charge is 2.45. The van der Waals surface area contributed by atoms with Crippen molar-refractivity contribution in [2.24, 2.45) is 0 Å². The number of amides is 1. The summed E-state index contributed by atoms with van der Waals surface area (Å²) < 4.78 is 16.6. The number of aliphatic hydroxyl groups is 1. The van der Waals surface area contributed by atoms with Gasteiger partial charge < -0.3 is 24.2 Å². The zero-order valence-corrected chi connectivity index (χ0v) is 20.1. The Morgan fingerprint density at radius 3 is 2.24 bits per heavy atom. The van der Waals surface area contributed by atoms with Gasteiger partial charge in [-0.15, -0.1) is 0 Å². The molecule has 2 aromatic rings. The molecule has 0 aliphatic carbocycles. The molecule has 1 N–H and O–H groups in total. The minimum atomic E-state index is -0.734. The van der Waals surface area contributed by atoms with E-state index in [1.165, 1.54) is 4.90 Å². The van der Waals surface area contributed by atoms with Crippen LogP contribution in [-0.4, -0.2) is 55.2 Å². The summed E-state index contributed by atoms with van der Waals surface area (Å²) in [6.07, 6.45) is 2.27. The average molecular weight is 468 g/mol. The number of likely N-dealkylation sites (tertiary alicyclic amines) is 1. The van der Waals surface area contributed by atoms with E-state index in [2.05, 4.69) is 0 Å². The molecule has 0 spiro atoms. The summed E-state index contributed by atoms with van der Waals surface area (Å²) in [4.78, 5) is 27.7. The van der Waals surface area contributed by atoms with E-state index in [1.807, 2.05) is 38.1 Å². The fraction of sp³-hybridized carbons (Fsp3) is 0.407. The van der Waals surface area contributed by atoms with Crippen LogP contribution in [0.2, 0.25) is 0 Å². The van der Waals surface area contributed by atoms with Gasteiger partial charge in [0.2, 0.25) is 0 Å². The molecule has 1 aliphatic heterocycles. The van der Waals surface area contributed by atoms with Crippen LogP contribution in [0.5, 0.6) is 11.5 Å². The van der Waals surface area contributed by atoms with Crippen molar-refractivity contribution >= 4 is 17.4 Å². The molecule has 3 rings (SSSR count). The molecule has 1 atom stereocenters. The molecule has 0 bridgehead atoms. The second-order valence-corrected chi connectivity index (χ2v) is 8.14. The summed E-state index contributed by atoms with van der Waals surface area (Å²) in [5.41, 5.74) is 1.18. The molecule has 1 heterocycles. The first kappa shape index (κ1) is 25.3. The maximum Gasteiger partial charge on any atom is 0.295 e. The van der Waals surface area contributed by atoms with Gasteiger partial charge in [0.25, 0.3) is 11.7 Å². The summed E-state index contributed by atoms with van der Waals surface area (Å²) in [6.45, 7) is 5.90. The monoisotopic (exact) mass is 467 g/mol. The quantitative estimate of drug-likeness (QED) is 0.210. The third-order valence-corrected chi connectivity index (χ3v) is 5.51. The Labute approximate surface area is 200 Å². The summed E-state index contributed by atoms with van der Waals surface area (Å²) in [5.74, 6) is -0.330. The van der Waals surface area contributed by atoms with Gasteiger partial charge in [0.05, 0.1) is 24.8 Å². The first-order valence-electron chi connectivity index (χ1n) is 11.7. The molecule has 7 nitrogen and oxygen atoms in total. The Morgan fingerprint density at radius 1 is 0.941 bits per heavy atom. The van der Waals surface area contributed by atoms with E-state index < -0.39 is 17.7 Å². The van der Waals surface area contributed by atoms with Crippen molar-refractivity contribution in [3.8, 4) is 11.5 Å². The Balaban J connectivity index is 2.07. The molecule has 1 fully saturated rings. The maximum absolute atomic E-state index is 13.2. The van der Waals surface area contributed by atoms with Gasteiger partial charge in [-0.05, 0) is 49.1 Å². The molecule has 182 valence electrons. The van der Waals surface area contributed by atoms with Crippen LogP contribution in [0.25, 0.3) is 5.76 Å². The fourth-order valence-corrected chi connectivity index (χ4v) is 3.94. The van der Waals surface area contributed by atoms with Gasteiger partial charge in [0.15, 0.2) is 0 Å². The van der Waals surface area contributed by atoms with Crippen LogP contribution < -0.4 is 9.47 Å². The van der Waals surface area contributed by atoms with Crippen molar-refractivity contribution in [2.75, 3.05) is 33.5 Å². The Bertz CT molecular complexity index is 1030. The number of ether oxygens (including phenoxy) is 3. The van der Waals surface area contributed by atoms with Gasteiger partial charge in [0, 0.05) is 25.8 Å². The Morgan fingerprint density at radius 2 is 1.59 bits per heavy atom. The molecule has 34 heavy (non-hydrogen) atoms. The number of aliphatic hydroxyl groups excluding tert-OH is 1. The average Bonchev–Trinajstić information content (AvgIpc) is 3.11. The fourth-order valence-electron chi connectivity index (χ4n) is 3.94. The van der Waals surface area contributed by atoms with Gasteiger partial charge in [0.1, 0.15) is 17.3 Å². The number of methoxy groups -OCH3 is 1. The number of carbonyl (C=O) groups excluding carboxylic acids is 2. The van der Waals surface area contributed by atoms with Gasteiger partial charge >= 0.3 is 0 Å². The molecule has 1 saturated heterocycles. The third-order valence-electron chi connectivity index (χ3n) is 5.51. The number of Topliss-reactive ketones (excluding diaryl/α,β-unsaturated/α-hetero) is 1. The third kappa shape index (κ3) is 5.78.